The summed E-state index contributed by atoms with van der Waals surface area (Å²) >= 11 is 0. The summed E-state index contributed by atoms with van der Waals surface area (Å²) in [5, 5.41) is 0. The van der Waals surface area contributed by atoms with Gasteiger partial charge in [-0.05, 0) is 52.2 Å². The van der Waals surface area contributed by atoms with Crippen molar-refractivity contribution in [3.8, 4) is 0 Å². The Labute approximate surface area is 116 Å². The van der Waals surface area contributed by atoms with E-state index >= 15 is 0 Å². The van der Waals surface area contributed by atoms with Gasteiger partial charge in [0, 0.05) is 25.2 Å². The van der Waals surface area contributed by atoms with E-state index in [1.807, 2.05) is 13.0 Å². The van der Waals surface area contributed by atoms with Crippen LogP contribution in [0.1, 0.15) is 26.2 Å². The van der Waals surface area contributed by atoms with Crippen molar-refractivity contribution in [2.45, 2.75) is 32.2 Å². The van der Waals surface area contributed by atoms with Crippen LogP contribution in [0.25, 0.3) is 0 Å². The van der Waals surface area contributed by atoms with E-state index in [0.717, 1.165) is 25.0 Å². The molecule has 4 nitrogen and oxygen atoms in total. The van der Waals surface area contributed by atoms with Crippen molar-refractivity contribution in [3.63, 3.8) is 0 Å². The Morgan fingerprint density at radius 3 is 3.00 bits per heavy atom. The van der Waals surface area contributed by atoms with Crippen LogP contribution >= 0.6 is 0 Å². The van der Waals surface area contributed by atoms with Gasteiger partial charge in [0.2, 0.25) is 0 Å². The van der Waals surface area contributed by atoms with Crippen molar-refractivity contribution < 1.29 is 9.53 Å². The van der Waals surface area contributed by atoms with Crippen LogP contribution in [-0.4, -0.2) is 61.6 Å². The molecule has 2 aliphatic rings. The lowest BCUT2D eigenvalue weighted by Crippen LogP contribution is -2.52. The number of nitrogens with zero attached hydrogens (tertiary/aromatic N) is 2. The molecule has 2 heterocycles. The van der Waals surface area contributed by atoms with Crippen LogP contribution in [0.4, 0.5) is 0 Å². The molecule has 0 spiro atoms. The van der Waals surface area contributed by atoms with Crippen molar-refractivity contribution in [1.82, 2.24) is 9.80 Å². The molecule has 2 fully saturated rings. The number of carbonyl (C=O) groups is 1. The second kappa shape index (κ2) is 7.06. The zero-order valence-electron chi connectivity index (χ0n) is 12.2. The number of likely N-dealkylation sites (tertiary alicyclic amines) is 2. The molecule has 108 valence electrons. The maximum absolute atomic E-state index is 11.2. The molecule has 0 amide bonds. The molecular weight excluding hydrogens is 240 g/mol. The number of carbonyl (C=O) groups excluding carboxylic acids is 1. The van der Waals surface area contributed by atoms with E-state index in [0.29, 0.717) is 6.61 Å². The molecule has 2 atom stereocenters. The minimum absolute atomic E-state index is 0.227. The monoisotopic (exact) mass is 266 g/mol. The van der Waals surface area contributed by atoms with Gasteiger partial charge in [0.05, 0.1) is 6.61 Å². The van der Waals surface area contributed by atoms with Crippen molar-refractivity contribution in [3.05, 3.63) is 12.2 Å². The normalized spacial score (nSPS) is 29.4. The van der Waals surface area contributed by atoms with Crippen molar-refractivity contribution in [2.24, 2.45) is 5.92 Å². The molecule has 0 aromatic carbocycles. The van der Waals surface area contributed by atoms with Crippen LogP contribution in [0.5, 0.6) is 0 Å². The third-order valence-corrected chi connectivity index (χ3v) is 4.33. The first-order valence-corrected chi connectivity index (χ1v) is 7.46. The van der Waals surface area contributed by atoms with E-state index in [1.54, 1.807) is 6.08 Å². The minimum atomic E-state index is -0.227. The standard InChI is InChI=1S/C15H26N2O2/c1-3-19-15(18)7-5-10-17-11-8-14-13(12-17)6-4-9-16(14)2/h5,7,13-14H,3-4,6,8-12H2,1-2H3/b7-5+. The highest BCUT2D eigenvalue weighted by Crippen LogP contribution is 2.29. The Bertz CT molecular complexity index is 330. The number of hydrogen-bond acceptors (Lipinski definition) is 4. The second-order valence-electron chi connectivity index (χ2n) is 5.65. The summed E-state index contributed by atoms with van der Waals surface area (Å²) in [7, 11) is 2.26. The molecule has 2 rings (SSSR count). The fraction of sp³-hybridized carbons (Fsp3) is 0.800. The molecule has 0 radical (unpaired) electrons. The molecule has 0 saturated carbocycles. The molecule has 0 N–H and O–H groups in total. The molecule has 0 aliphatic carbocycles. The van der Waals surface area contributed by atoms with E-state index in [1.165, 1.54) is 32.4 Å². The summed E-state index contributed by atoms with van der Waals surface area (Å²) in [6, 6.07) is 0.777. The number of ether oxygens (including phenoxy) is 1. The Kier molecular flexibility index (Phi) is 5.40. The first-order chi connectivity index (χ1) is 9.20. The third-order valence-electron chi connectivity index (χ3n) is 4.33. The fourth-order valence-electron chi connectivity index (χ4n) is 3.38. The van der Waals surface area contributed by atoms with Crippen LogP contribution in [0.3, 0.4) is 0 Å². The van der Waals surface area contributed by atoms with Gasteiger partial charge in [-0.25, -0.2) is 4.79 Å². The molecule has 0 bridgehead atoms. The van der Waals surface area contributed by atoms with Gasteiger partial charge in [-0.15, -0.1) is 0 Å². The Morgan fingerprint density at radius 1 is 1.37 bits per heavy atom. The van der Waals surface area contributed by atoms with E-state index in [4.69, 9.17) is 4.74 Å². The van der Waals surface area contributed by atoms with E-state index in [9.17, 15) is 4.79 Å². The number of hydrogen-bond donors (Lipinski definition) is 0. The summed E-state index contributed by atoms with van der Waals surface area (Å²) in [5.41, 5.74) is 0. The van der Waals surface area contributed by atoms with E-state index < -0.39 is 0 Å². The zero-order chi connectivity index (χ0) is 13.7. The molecule has 0 aromatic heterocycles. The average molecular weight is 266 g/mol. The van der Waals surface area contributed by atoms with Crippen molar-refractivity contribution in [2.75, 3.05) is 39.8 Å². The van der Waals surface area contributed by atoms with Crippen LogP contribution in [0, 0.1) is 5.92 Å². The second-order valence-corrected chi connectivity index (χ2v) is 5.65. The first-order valence-electron chi connectivity index (χ1n) is 7.46. The zero-order valence-corrected chi connectivity index (χ0v) is 12.2. The SMILES string of the molecule is CCOC(=O)/C=C/CN1CCC2C(CCCN2C)C1. The topological polar surface area (TPSA) is 32.8 Å². The number of fused-ring (bicyclic) bond motifs is 1. The molecule has 4 heteroatoms. The quantitative estimate of drug-likeness (QED) is 0.570. The van der Waals surface area contributed by atoms with Gasteiger partial charge in [-0.3, -0.25) is 4.90 Å². The van der Waals surface area contributed by atoms with Gasteiger partial charge in [0.1, 0.15) is 0 Å². The first kappa shape index (κ1) is 14.5. The number of esters is 1. The molecule has 2 aliphatic heterocycles. The van der Waals surface area contributed by atoms with Crippen LogP contribution in [-0.2, 0) is 9.53 Å². The highest BCUT2D eigenvalue weighted by molar-refractivity contribution is 5.81. The summed E-state index contributed by atoms with van der Waals surface area (Å²) in [5.74, 6) is 0.582. The Hall–Kier alpha value is -0.870. The lowest BCUT2D eigenvalue weighted by Gasteiger charge is -2.45. The average Bonchev–Trinajstić information content (AvgIpc) is 2.39. The van der Waals surface area contributed by atoms with Crippen LogP contribution in [0.15, 0.2) is 12.2 Å². The summed E-state index contributed by atoms with van der Waals surface area (Å²) in [6.07, 6.45) is 7.43. The molecule has 0 aromatic rings. The van der Waals surface area contributed by atoms with Crippen molar-refractivity contribution >= 4 is 5.97 Å². The highest BCUT2D eigenvalue weighted by atomic mass is 16.5. The molecule has 2 unspecified atom stereocenters. The van der Waals surface area contributed by atoms with E-state index in [-0.39, 0.29) is 5.97 Å². The largest absolute Gasteiger partial charge is 0.463 e. The summed E-state index contributed by atoms with van der Waals surface area (Å²) < 4.78 is 4.88. The molecular formula is C15H26N2O2. The Balaban J connectivity index is 1.76. The summed E-state index contributed by atoms with van der Waals surface area (Å²) in [6.45, 7) is 6.70. The lowest BCUT2D eigenvalue weighted by atomic mass is 9.84. The highest BCUT2D eigenvalue weighted by Gasteiger charge is 2.33. The predicted octanol–water partition coefficient (Wildman–Crippen LogP) is 1.52. The fourth-order valence-corrected chi connectivity index (χ4v) is 3.38. The number of rotatable bonds is 4. The van der Waals surface area contributed by atoms with Gasteiger partial charge in [0.15, 0.2) is 0 Å². The molecule has 19 heavy (non-hydrogen) atoms. The van der Waals surface area contributed by atoms with Gasteiger partial charge in [0.25, 0.3) is 0 Å². The number of piperidine rings is 2. The van der Waals surface area contributed by atoms with Gasteiger partial charge in [-0.2, -0.15) is 0 Å². The predicted molar refractivity (Wildman–Crippen MR) is 76.0 cm³/mol. The van der Waals surface area contributed by atoms with Gasteiger partial charge < -0.3 is 9.64 Å². The third kappa shape index (κ3) is 4.05. The Morgan fingerprint density at radius 2 is 2.21 bits per heavy atom. The van der Waals surface area contributed by atoms with Crippen LogP contribution < -0.4 is 0 Å². The smallest absolute Gasteiger partial charge is 0.330 e. The van der Waals surface area contributed by atoms with Crippen molar-refractivity contribution in [1.29, 1.82) is 0 Å². The van der Waals surface area contributed by atoms with E-state index in [2.05, 4.69) is 16.8 Å². The van der Waals surface area contributed by atoms with Crippen LogP contribution in [0.2, 0.25) is 0 Å². The van der Waals surface area contributed by atoms with Gasteiger partial charge >= 0.3 is 5.97 Å². The lowest BCUT2D eigenvalue weighted by molar-refractivity contribution is -0.137. The maximum Gasteiger partial charge on any atom is 0.330 e. The summed E-state index contributed by atoms with van der Waals surface area (Å²) in [4.78, 5) is 16.2. The molecule has 2 saturated heterocycles. The van der Waals surface area contributed by atoms with Gasteiger partial charge in [-0.1, -0.05) is 6.08 Å². The maximum atomic E-state index is 11.2. The minimum Gasteiger partial charge on any atom is -0.463 e.